The van der Waals surface area contributed by atoms with Gasteiger partial charge in [-0.1, -0.05) is 12.8 Å². The second-order valence-corrected chi connectivity index (χ2v) is 6.94. The van der Waals surface area contributed by atoms with Crippen molar-refractivity contribution in [2.24, 2.45) is 7.05 Å². The van der Waals surface area contributed by atoms with Crippen molar-refractivity contribution in [2.75, 3.05) is 23.3 Å². The van der Waals surface area contributed by atoms with Crippen molar-refractivity contribution >= 4 is 11.8 Å². The summed E-state index contributed by atoms with van der Waals surface area (Å²) in [7, 11) is 2.02. The van der Waals surface area contributed by atoms with Gasteiger partial charge in [0.05, 0.1) is 17.5 Å². The van der Waals surface area contributed by atoms with Crippen LogP contribution in [0.5, 0.6) is 0 Å². The molecule has 128 valence electrons. The van der Waals surface area contributed by atoms with Gasteiger partial charge in [0.25, 0.3) is 0 Å². The fraction of sp³-hybridized carbons (Fsp3) is 0.611. The highest BCUT2D eigenvalue weighted by molar-refractivity contribution is 5.73. The second-order valence-electron chi connectivity index (χ2n) is 6.94. The normalized spacial score (nSPS) is 19.0. The first kappa shape index (κ1) is 15.4. The van der Waals surface area contributed by atoms with Crippen LogP contribution in [-0.2, 0) is 7.05 Å². The van der Waals surface area contributed by atoms with E-state index in [2.05, 4.69) is 20.3 Å². The average molecular weight is 326 g/mol. The third kappa shape index (κ3) is 3.09. The monoisotopic (exact) mass is 326 g/mol. The van der Waals surface area contributed by atoms with Crippen LogP contribution in [0.25, 0.3) is 11.3 Å². The maximum Gasteiger partial charge on any atom is 0.223 e. The number of rotatable bonds is 4. The molecule has 3 heterocycles. The first-order valence-electron chi connectivity index (χ1n) is 9.18. The van der Waals surface area contributed by atoms with Crippen LogP contribution in [0.4, 0.5) is 11.8 Å². The van der Waals surface area contributed by atoms with Gasteiger partial charge in [-0.2, -0.15) is 5.10 Å². The summed E-state index contributed by atoms with van der Waals surface area (Å²) in [4.78, 5) is 11.6. The molecule has 0 unspecified atom stereocenters. The zero-order valence-corrected chi connectivity index (χ0v) is 14.4. The van der Waals surface area contributed by atoms with Crippen molar-refractivity contribution < 1.29 is 0 Å². The number of hydrogen-bond acceptors (Lipinski definition) is 5. The molecule has 0 radical (unpaired) electrons. The minimum Gasteiger partial charge on any atom is -0.356 e. The number of piperidine rings is 1. The number of aryl methyl sites for hydroxylation is 1. The minimum absolute atomic E-state index is 0.524. The topological polar surface area (TPSA) is 58.9 Å². The van der Waals surface area contributed by atoms with Crippen molar-refractivity contribution in [3.63, 3.8) is 0 Å². The van der Waals surface area contributed by atoms with Crippen LogP contribution in [0.2, 0.25) is 0 Å². The lowest BCUT2D eigenvalue weighted by molar-refractivity contribution is 0.561. The van der Waals surface area contributed by atoms with Crippen molar-refractivity contribution in [2.45, 2.75) is 51.0 Å². The first-order valence-corrected chi connectivity index (χ1v) is 9.18. The molecule has 1 aliphatic heterocycles. The highest BCUT2D eigenvalue weighted by Crippen LogP contribution is 2.31. The van der Waals surface area contributed by atoms with Gasteiger partial charge in [-0.25, -0.2) is 9.97 Å². The van der Waals surface area contributed by atoms with Crippen LogP contribution >= 0.6 is 0 Å². The van der Waals surface area contributed by atoms with E-state index in [1.807, 2.05) is 30.2 Å². The number of nitrogens with zero attached hydrogens (tertiary/aromatic N) is 5. The third-order valence-electron chi connectivity index (χ3n) is 5.18. The Morgan fingerprint density at radius 1 is 1.08 bits per heavy atom. The van der Waals surface area contributed by atoms with Gasteiger partial charge in [-0.3, -0.25) is 4.68 Å². The summed E-state index contributed by atoms with van der Waals surface area (Å²) >= 11 is 0. The van der Waals surface area contributed by atoms with E-state index in [1.54, 1.807) is 0 Å². The van der Waals surface area contributed by atoms with E-state index < -0.39 is 0 Å². The van der Waals surface area contributed by atoms with Gasteiger partial charge in [-0.15, -0.1) is 0 Å². The molecule has 2 aliphatic rings. The SMILES string of the molecule is Cn1ncc(-c2ccnc(NC3CCCC3)n2)c1N1CCCCC1. The highest BCUT2D eigenvalue weighted by atomic mass is 15.4. The largest absolute Gasteiger partial charge is 0.356 e. The van der Waals surface area contributed by atoms with E-state index in [0.717, 1.165) is 30.3 Å². The lowest BCUT2D eigenvalue weighted by atomic mass is 10.1. The smallest absolute Gasteiger partial charge is 0.223 e. The molecule has 0 bridgehead atoms. The predicted molar refractivity (Wildman–Crippen MR) is 96.2 cm³/mol. The molecule has 1 saturated carbocycles. The number of aromatic nitrogens is 4. The first-order chi connectivity index (χ1) is 11.8. The molecule has 0 amide bonds. The highest BCUT2D eigenvalue weighted by Gasteiger charge is 2.21. The van der Waals surface area contributed by atoms with Gasteiger partial charge >= 0.3 is 0 Å². The summed E-state index contributed by atoms with van der Waals surface area (Å²) in [5.41, 5.74) is 2.07. The summed E-state index contributed by atoms with van der Waals surface area (Å²) in [6, 6.07) is 2.51. The summed E-state index contributed by atoms with van der Waals surface area (Å²) in [6.07, 6.45) is 12.7. The number of anilines is 2. The van der Waals surface area contributed by atoms with E-state index >= 15 is 0 Å². The van der Waals surface area contributed by atoms with E-state index in [9.17, 15) is 0 Å². The maximum atomic E-state index is 4.77. The van der Waals surface area contributed by atoms with Crippen LogP contribution in [0, 0.1) is 0 Å². The quantitative estimate of drug-likeness (QED) is 0.935. The van der Waals surface area contributed by atoms with Gasteiger partial charge in [0.15, 0.2) is 0 Å². The average Bonchev–Trinajstić information content (AvgIpc) is 3.25. The molecule has 0 aromatic carbocycles. The molecular formula is C18H26N6. The molecule has 4 rings (SSSR count). The molecule has 2 aromatic heterocycles. The van der Waals surface area contributed by atoms with Gasteiger partial charge < -0.3 is 10.2 Å². The molecule has 0 spiro atoms. The van der Waals surface area contributed by atoms with E-state index in [1.165, 1.54) is 50.8 Å². The molecule has 2 aromatic rings. The molecule has 1 saturated heterocycles. The lowest BCUT2D eigenvalue weighted by Crippen LogP contribution is -2.31. The Bertz CT molecular complexity index is 683. The van der Waals surface area contributed by atoms with Gasteiger partial charge in [0.1, 0.15) is 5.82 Å². The number of nitrogens with one attached hydrogen (secondary N) is 1. The predicted octanol–water partition coefficient (Wildman–Crippen LogP) is 3.22. The summed E-state index contributed by atoms with van der Waals surface area (Å²) in [6.45, 7) is 2.20. The summed E-state index contributed by atoms with van der Waals surface area (Å²) < 4.78 is 1.98. The zero-order chi connectivity index (χ0) is 16.4. The Morgan fingerprint density at radius 3 is 2.67 bits per heavy atom. The number of hydrogen-bond donors (Lipinski definition) is 1. The van der Waals surface area contributed by atoms with Crippen molar-refractivity contribution in [1.82, 2.24) is 19.7 Å². The van der Waals surface area contributed by atoms with E-state index in [-0.39, 0.29) is 0 Å². The van der Waals surface area contributed by atoms with E-state index in [4.69, 9.17) is 4.98 Å². The van der Waals surface area contributed by atoms with Crippen LogP contribution in [0.15, 0.2) is 18.5 Å². The fourth-order valence-corrected chi connectivity index (χ4v) is 3.92. The second kappa shape index (κ2) is 6.79. The molecule has 24 heavy (non-hydrogen) atoms. The fourth-order valence-electron chi connectivity index (χ4n) is 3.92. The standard InChI is InChI=1S/C18H26N6/c1-23-17(24-11-5-2-6-12-24)15(13-20-23)16-9-10-19-18(22-16)21-14-7-3-4-8-14/h9-10,13-14H,2-8,11-12H2,1H3,(H,19,21,22). The Labute approximate surface area is 143 Å². The van der Waals surface area contributed by atoms with Crippen LogP contribution in [0.3, 0.4) is 0 Å². The minimum atomic E-state index is 0.524. The zero-order valence-electron chi connectivity index (χ0n) is 14.4. The van der Waals surface area contributed by atoms with Crippen LogP contribution in [0.1, 0.15) is 44.9 Å². The maximum absolute atomic E-state index is 4.77. The Balaban J connectivity index is 1.61. The van der Waals surface area contributed by atoms with E-state index in [0.29, 0.717) is 6.04 Å². The molecule has 1 N–H and O–H groups in total. The lowest BCUT2D eigenvalue weighted by Gasteiger charge is -2.29. The molecular weight excluding hydrogens is 300 g/mol. The van der Waals surface area contributed by atoms with Crippen molar-refractivity contribution in [1.29, 1.82) is 0 Å². The van der Waals surface area contributed by atoms with Gasteiger partial charge in [-0.05, 0) is 38.2 Å². The molecule has 2 fully saturated rings. The van der Waals surface area contributed by atoms with Crippen molar-refractivity contribution in [3.05, 3.63) is 18.5 Å². The Kier molecular flexibility index (Phi) is 4.36. The van der Waals surface area contributed by atoms with Gasteiger partial charge in [0, 0.05) is 32.4 Å². The molecule has 6 heteroatoms. The Morgan fingerprint density at radius 2 is 1.88 bits per heavy atom. The van der Waals surface area contributed by atoms with Crippen LogP contribution in [-0.4, -0.2) is 38.9 Å². The third-order valence-corrected chi connectivity index (χ3v) is 5.18. The molecule has 1 aliphatic carbocycles. The molecule has 6 nitrogen and oxygen atoms in total. The molecule has 0 atom stereocenters. The summed E-state index contributed by atoms with van der Waals surface area (Å²) in [5, 5.41) is 7.99. The summed E-state index contributed by atoms with van der Waals surface area (Å²) in [5.74, 6) is 1.92. The Hall–Kier alpha value is -2.11. The van der Waals surface area contributed by atoms with Crippen molar-refractivity contribution in [3.8, 4) is 11.3 Å². The van der Waals surface area contributed by atoms with Crippen LogP contribution < -0.4 is 10.2 Å². The van der Waals surface area contributed by atoms with Gasteiger partial charge in [0.2, 0.25) is 5.95 Å².